The van der Waals surface area contributed by atoms with Gasteiger partial charge < -0.3 is 14.7 Å². The van der Waals surface area contributed by atoms with Crippen LogP contribution in [0.5, 0.6) is 5.75 Å². The highest BCUT2D eigenvalue weighted by Gasteiger charge is 2.48. The number of carbonyl (C=O) groups is 2. The summed E-state index contributed by atoms with van der Waals surface area (Å²) in [6.07, 6.45) is 0. The molecule has 0 radical (unpaired) electrons. The van der Waals surface area contributed by atoms with E-state index in [-0.39, 0.29) is 16.5 Å². The van der Waals surface area contributed by atoms with Gasteiger partial charge in [-0.2, -0.15) is 0 Å². The van der Waals surface area contributed by atoms with Gasteiger partial charge in [-0.15, -0.1) is 0 Å². The Labute approximate surface area is 217 Å². The van der Waals surface area contributed by atoms with Gasteiger partial charge in [0.25, 0.3) is 5.78 Å². The molecule has 1 amide bonds. The van der Waals surface area contributed by atoms with Crippen molar-refractivity contribution in [3.05, 3.63) is 89.2 Å². The molecule has 0 aliphatic carbocycles. The molecule has 0 saturated carbocycles. The second kappa shape index (κ2) is 9.67. The minimum absolute atomic E-state index is 0.0540. The first-order valence-electron chi connectivity index (χ1n) is 11.7. The Morgan fingerprint density at radius 1 is 1.11 bits per heavy atom. The summed E-state index contributed by atoms with van der Waals surface area (Å²) in [6.45, 7) is 2.28. The van der Waals surface area contributed by atoms with E-state index in [0.29, 0.717) is 33.7 Å². The standard InChI is InChI=1S/C28H24FN3O4S/c1-4-36-20-7-5-6-17(14-20)25(33)23-24(16-8-11-19(12-9-16)31(2)3)32(27(35)26(23)34)28-30-21-13-10-18(29)15-22(21)37-28/h5-15,24,33H,4H2,1-3H3/b25-23+. The number of hydrogen-bond acceptors (Lipinski definition) is 7. The molecule has 0 spiro atoms. The van der Waals surface area contributed by atoms with Crippen LogP contribution in [-0.2, 0) is 9.59 Å². The molecule has 1 atom stereocenters. The molecule has 1 unspecified atom stereocenters. The maximum atomic E-state index is 13.8. The lowest BCUT2D eigenvalue weighted by atomic mass is 9.95. The predicted molar refractivity (Wildman–Crippen MR) is 143 cm³/mol. The Kier molecular flexibility index (Phi) is 6.39. The van der Waals surface area contributed by atoms with Crippen LogP contribution in [0.4, 0.5) is 15.2 Å². The van der Waals surface area contributed by atoms with Crippen molar-refractivity contribution < 1.29 is 23.8 Å². The van der Waals surface area contributed by atoms with E-state index in [4.69, 9.17) is 4.74 Å². The number of rotatable bonds is 6. The zero-order chi connectivity index (χ0) is 26.3. The number of anilines is 2. The maximum absolute atomic E-state index is 13.8. The van der Waals surface area contributed by atoms with E-state index in [1.807, 2.05) is 50.2 Å². The molecule has 37 heavy (non-hydrogen) atoms. The molecule has 1 saturated heterocycles. The first kappa shape index (κ1) is 24.5. The van der Waals surface area contributed by atoms with Crippen LogP contribution in [0.25, 0.3) is 16.0 Å². The van der Waals surface area contributed by atoms with Gasteiger partial charge in [-0.3, -0.25) is 14.5 Å². The zero-order valence-corrected chi connectivity index (χ0v) is 21.3. The molecule has 1 aliphatic rings. The highest BCUT2D eigenvalue weighted by molar-refractivity contribution is 7.22. The number of aromatic nitrogens is 1. The average molecular weight is 518 g/mol. The first-order chi connectivity index (χ1) is 17.8. The first-order valence-corrected chi connectivity index (χ1v) is 12.5. The highest BCUT2D eigenvalue weighted by atomic mass is 32.1. The summed E-state index contributed by atoms with van der Waals surface area (Å²) in [5, 5.41) is 11.6. The van der Waals surface area contributed by atoms with Crippen LogP contribution in [0.3, 0.4) is 0 Å². The fraction of sp³-hybridized carbons (Fsp3) is 0.179. The number of ketones is 1. The smallest absolute Gasteiger partial charge is 0.301 e. The van der Waals surface area contributed by atoms with Crippen LogP contribution in [0, 0.1) is 5.82 Å². The van der Waals surface area contributed by atoms with Crippen molar-refractivity contribution in [3.63, 3.8) is 0 Å². The summed E-state index contributed by atoms with van der Waals surface area (Å²) in [7, 11) is 3.82. The second-order valence-corrected chi connectivity index (χ2v) is 9.73. The van der Waals surface area contributed by atoms with Gasteiger partial charge in [0.1, 0.15) is 17.3 Å². The van der Waals surface area contributed by atoms with Gasteiger partial charge in [-0.1, -0.05) is 35.6 Å². The van der Waals surface area contributed by atoms with Crippen molar-refractivity contribution in [1.29, 1.82) is 0 Å². The lowest BCUT2D eigenvalue weighted by Gasteiger charge is -2.23. The van der Waals surface area contributed by atoms with E-state index < -0.39 is 23.5 Å². The van der Waals surface area contributed by atoms with Gasteiger partial charge in [0.15, 0.2) is 5.13 Å². The number of hydrogen-bond donors (Lipinski definition) is 1. The van der Waals surface area contributed by atoms with Crippen molar-refractivity contribution in [2.24, 2.45) is 0 Å². The number of carbonyl (C=O) groups excluding carboxylic acids is 2. The number of aliphatic hydroxyl groups excluding tert-OH is 1. The molecule has 0 bridgehead atoms. The highest BCUT2D eigenvalue weighted by Crippen LogP contribution is 2.44. The Morgan fingerprint density at radius 3 is 2.57 bits per heavy atom. The summed E-state index contributed by atoms with van der Waals surface area (Å²) in [5.74, 6) is -1.85. The van der Waals surface area contributed by atoms with E-state index in [9.17, 15) is 19.1 Å². The Morgan fingerprint density at radius 2 is 1.86 bits per heavy atom. The van der Waals surface area contributed by atoms with Crippen LogP contribution in [-0.4, -0.2) is 42.5 Å². The number of nitrogens with zero attached hydrogens (tertiary/aromatic N) is 3. The van der Waals surface area contributed by atoms with E-state index in [1.165, 1.54) is 23.1 Å². The molecule has 1 N–H and O–H groups in total. The molecule has 2 heterocycles. The second-order valence-electron chi connectivity index (χ2n) is 8.72. The quantitative estimate of drug-likeness (QED) is 0.206. The SMILES string of the molecule is CCOc1cccc(/C(O)=C2\C(=O)C(=O)N(c3nc4ccc(F)cc4s3)C2c2ccc(N(C)C)cc2)c1. The summed E-state index contributed by atoms with van der Waals surface area (Å²) < 4.78 is 19.9. The number of aliphatic hydroxyl groups is 1. The van der Waals surface area contributed by atoms with E-state index in [1.54, 1.807) is 24.3 Å². The van der Waals surface area contributed by atoms with Gasteiger partial charge in [0, 0.05) is 25.3 Å². The minimum Gasteiger partial charge on any atom is -0.507 e. The zero-order valence-electron chi connectivity index (χ0n) is 20.4. The number of fused-ring (bicyclic) bond motifs is 1. The third-order valence-electron chi connectivity index (χ3n) is 6.13. The Balaban J connectivity index is 1.70. The van der Waals surface area contributed by atoms with Crippen LogP contribution in [0.1, 0.15) is 24.1 Å². The normalized spacial score (nSPS) is 17.0. The molecule has 188 valence electrons. The van der Waals surface area contributed by atoms with Crippen molar-refractivity contribution in [2.45, 2.75) is 13.0 Å². The van der Waals surface area contributed by atoms with E-state index in [2.05, 4.69) is 4.98 Å². The molecule has 9 heteroatoms. The molecular formula is C28H24FN3O4S. The molecule has 1 aromatic heterocycles. The van der Waals surface area contributed by atoms with Gasteiger partial charge in [-0.25, -0.2) is 9.37 Å². The number of Topliss-reactive ketones (excluding diaryl/α,β-unsaturated/α-hetero) is 1. The molecule has 1 fully saturated rings. The van der Waals surface area contributed by atoms with Gasteiger partial charge in [-0.05, 0) is 55.0 Å². The maximum Gasteiger partial charge on any atom is 0.301 e. The third kappa shape index (κ3) is 4.42. The number of ether oxygens (including phenoxy) is 1. The number of amides is 1. The van der Waals surface area contributed by atoms with Crippen molar-refractivity contribution >= 4 is 49.8 Å². The van der Waals surface area contributed by atoms with Gasteiger partial charge >= 0.3 is 5.91 Å². The number of halogens is 1. The van der Waals surface area contributed by atoms with Gasteiger partial charge in [0.05, 0.1) is 28.4 Å². The summed E-state index contributed by atoms with van der Waals surface area (Å²) in [6, 6.07) is 17.3. The largest absolute Gasteiger partial charge is 0.507 e. The molecule has 3 aromatic carbocycles. The fourth-order valence-corrected chi connectivity index (χ4v) is 5.36. The van der Waals surface area contributed by atoms with Crippen molar-refractivity contribution in [2.75, 3.05) is 30.5 Å². The van der Waals surface area contributed by atoms with Crippen molar-refractivity contribution in [1.82, 2.24) is 4.98 Å². The summed E-state index contributed by atoms with van der Waals surface area (Å²) in [5.41, 5.74) is 2.36. The number of thiazole rings is 1. The van der Waals surface area contributed by atoms with Gasteiger partial charge in [0.2, 0.25) is 0 Å². The Hall–Kier alpha value is -4.24. The lowest BCUT2D eigenvalue weighted by Crippen LogP contribution is -2.29. The fourth-order valence-electron chi connectivity index (χ4n) is 4.34. The lowest BCUT2D eigenvalue weighted by molar-refractivity contribution is -0.132. The van der Waals surface area contributed by atoms with E-state index >= 15 is 0 Å². The van der Waals surface area contributed by atoms with Crippen LogP contribution >= 0.6 is 11.3 Å². The summed E-state index contributed by atoms with van der Waals surface area (Å²) >= 11 is 1.11. The summed E-state index contributed by atoms with van der Waals surface area (Å²) in [4.78, 5) is 34.6. The Bertz CT molecular complexity index is 1540. The monoisotopic (exact) mass is 517 g/mol. The molecule has 5 rings (SSSR count). The third-order valence-corrected chi connectivity index (χ3v) is 7.15. The molecule has 4 aromatic rings. The predicted octanol–water partition coefficient (Wildman–Crippen LogP) is 5.53. The molecule has 7 nitrogen and oxygen atoms in total. The molecular weight excluding hydrogens is 493 g/mol. The van der Waals surface area contributed by atoms with Crippen molar-refractivity contribution in [3.8, 4) is 5.75 Å². The average Bonchev–Trinajstić information content (AvgIpc) is 3.41. The topological polar surface area (TPSA) is 83.0 Å². The van der Waals surface area contributed by atoms with Crippen LogP contribution < -0.4 is 14.5 Å². The van der Waals surface area contributed by atoms with Crippen LogP contribution in [0.15, 0.2) is 72.3 Å². The number of benzene rings is 3. The molecule has 1 aliphatic heterocycles. The van der Waals surface area contributed by atoms with E-state index in [0.717, 1.165) is 17.0 Å². The minimum atomic E-state index is -0.933. The van der Waals surface area contributed by atoms with Crippen LogP contribution in [0.2, 0.25) is 0 Å².